The van der Waals surface area contributed by atoms with Crippen molar-refractivity contribution >= 4 is 23.5 Å². The molecule has 2 rings (SSSR count). The highest BCUT2D eigenvalue weighted by molar-refractivity contribution is 7.99. The largest absolute Gasteiger partial charge is 0.370 e. The molecular formula is C17H22N4O2S. The summed E-state index contributed by atoms with van der Waals surface area (Å²) in [7, 11) is 0. The smallest absolute Gasteiger partial charge is 0.217 e. The molecule has 0 bridgehead atoms. The van der Waals surface area contributed by atoms with E-state index in [0.717, 1.165) is 12.4 Å². The topological polar surface area (TPSA) is 90.9 Å². The Bertz CT molecular complexity index is 698. The number of amides is 1. The Balaban J connectivity index is 2.08. The first kappa shape index (κ1) is 18.2. The number of carbonyl (C=O) groups excluding carboxylic acids is 2. The van der Waals surface area contributed by atoms with Gasteiger partial charge in [-0.05, 0) is 5.92 Å². The van der Waals surface area contributed by atoms with Crippen molar-refractivity contribution in [1.29, 1.82) is 0 Å². The Hall–Kier alpha value is -2.15. The Morgan fingerprint density at radius 2 is 1.92 bits per heavy atom. The lowest BCUT2D eigenvalue weighted by Gasteiger charge is -2.12. The van der Waals surface area contributed by atoms with Gasteiger partial charge in [0.25, 0.3) is 0 Å². The van der Waals surface area contributed by atoms with Crippen molar-refractivity contribution in [3.63, 3.8) is 0 Å². The summed E-state index contributed by atoms with van der Waals surface area (Å²) in [4.78, 5) is 23.2. The summed E-state index contributed by atoms with van der Waals surface area (Å²) < 4.78 is 1.98. The molecule has 6 nitrogen and oxygen atoms in total. The van der Waals surface area contributed by atoms with Crippen LogP contribution in [0, 0.1) is 5.92 Å². The zero-order valence-corrected chi connectivity index (χ0v) is 14.8. The van der Waals surface area contributed by atoms with Crippen molar-refractivity contribution in [1.82, 2.24) is 14.8 Å². The summed E-state index contributed by atoms with van der Waals surface area (Å²) in [6, 6.07) is 9.19. The van der Waals surface area contributed by atoms with E-state index in [-0.39, 0.29) is 18.1 Å². The minimum atomic E-state index is -0.359. The maximum atomic E-state index is 12.2. The molecule has 0 aliphatic carbocycles. The fourth-order valence-electron chi connectivity index (χ4n) is 2.23. The number of aryl methyl sites for hydroxylation is 1. The number of benzene rings is 1. The highest BCUT2D eigenvalue weighted by Crippen LogP contribution is 2.20. The van der Waals surface area contributed by atoms with Gasteiger partial charge in [-0.1, -0.05) is 55.9 Å². The molecule has 0 saturated heterocycles. The van der Waals surface area contributed by atoms with Crippen molar-refractivity contribution < 1.29 is 9.59 Å². The molecule has 1 aromatic carbocycles. The third kappa shape index (κ3) is 5.19. The van der Waals surface area contributed by atoms with E-state index in [4.69, 9.17) is 5.73 Å². The number of ketones is 1. The highest BCUT2D eigenvalue weighted by atomic mass is 32.2. The molecule has 0 aliphatic rings. The fraction of sp³-hybridized carbons (Fsp3) is 0.412. The molecule has 1 amide bonds. The summed E-state index contributed by atoms with van der Waals surface area (Å²) in [5.41, 5.74) is 5.90. The van der Waals surface area contributed by atoms with Crippen molar-refractivity contribution in [3.05, 3.63) is 41.7 Å². The summed E-state index contributed by atoms with van der Waals surface area (Å²) >= 11 is 1.37. The number of carbonyl (C=O) groups is 2. The Labute approximate surface area is 145 Å². The van der Waals surface area contributed by atoms with E-state index in [0.29, 0.717) is 28.8 Å². The molecule has 0 atom stereocenters. The van der Waals surface area contributed by atoms with Gasteiger partial charge in [-0.25, -0.2) is 0 Å². The minimum Gasteiger partial charge on any atom is -0.370 e. The molecule has 128 valence electrons. The van der Waals surface area contributed by atoms with Gasteiger partial charge in [0.2, 0.25) is 5.91 Å². The van der Waals surface area contributed by atoms with Crippen LogP contribution in [0.1, 0.15) is 36.5 Å². The van der Waals surface area contributed by atoms with Gasteiger partial charge >= 0.3 is 0 Å². The number of nitrogens with zero attached hydrogens (tertiary/aromatic N) is 3. The molecule has 0 radical (unpaired) electrons. The average molecular weight is 346 g/mol. The van der Waals surface area contributed by atoms with Crippen LogP contribution < -0.4 is 5.73 Å². The predicted octanol–water partition coefficient (Wildman–Crippen LogP) is 2.33. The van der Waals surface area contributed by atoms with Crippen LogP contribution in [0.15, 0.2) is 35.5 Å². The van der Waals surface area contributed by atoms with Crippen LogP contribution in [-0.4, -0.2) is 32.2 Å². The molecule has 2 aromatic rings. The lowest BCUT2D eigenvalue weighted by atomic mass is 10.2. The zero-order valence-electron chi connectivity index (χ0n) is 13.9. The number of rotatable bonds is 9. The van der Waals surface area contributed by atoms with Gasteiger partial charge in [0, 0.05) is 24.9 Å². The Morgan fingerprint density at radius 3 is 2.54 bits per heavy atom. The van der Waals surface area contributed by atoms with Crippen LogP contribution in [0.3, 0.4) is 0 Å². The standard InChI is InChI=1S/C17H22N4O2S/c1-12(2)10-21-16(9-8-15(18)23)19-20-17(21)24-11-14(22)13-6-4-3-5-7-13/h3-7,12H,8-11H2,1-2H3,(H2,18,23). The van der Waals surface area contributed by atoms with E-state index in [9.17, 15) is 9.59 Å². The molecule has 0 spiro atoms. The molecule has 0 saturated carbocycles. The third-order valence-corrected chi connectivity index (χ3v) is 4.33. The molecule has 0 unspecified atom stereocenters. The number of hydrogen-bond acceptors (Lipinski definition) is 5. The van der Waals surface area contributed by atoms with Crippen LogP contribution in [0.5, 0.6) is 0 Å². The second-order valence-corrected chi connectivity index (χ2v) is 6.89. The second kappa shape index (κ2) is 8.63. The predicted molar refractivity (Wildman–Crippen MR) is 93.9 cm³/mol. The first-order chi connectivity index (χ1) is 11.5. The summed E-state index contributed by atoms with van der Waals surface area (Å²) in [5, 5.41) is 9.05. The zero-order chi connectivity index (χ0) is 17.5. The number of nitrogens with two attached hydrogens (primary N) is 1. The van der Waals surface area contributed by atoms with Gasteiger partial charge in [-0.15, -0.1) is 10.2 Å². The van der Waals surface area contributed by atoms with Crippen LogP contribution in [-0.2, 0) is 17.8 Å². The number of primary amides is 1. The summed E-state index contributed by atoms with van der Waals surface area (Å²) in [5.74, 6) is 1.13. The van der Waals surface area contributed by atoms with Crippen LogP contribution in [0.2, 0.25) is 0 Å². The SMILES string of the molecule is CC(C)Cn1c(CCC(N)=O)nnc1SCC(=O)c1ccccc1. The van der Waals surface area contributed by atoms with Crippen LogP contribution in [0.25, 0.3) is 0 Å². The van der Waals surface area contributed by atoms with E-state index < -0.39 is 0 Å². The normalized spacial score (nSPS) is 11.0. The van der Waals surface area contributed by atoms with Gasteiger partial charge in [0.1, 0.15) is 5.82 Å². The van der Waals surface area contributed by atoms with Crippen LogP contribution in [0.4, 0.5) is 0 Å². The quantitative estimate of drug-likeness (QED) is 0.556. The fourth-order valence-corrected chi connectivity index (χ4v) is 3.09. The second-order valence-electron chi connectivity index (χ2n) is 5.95. The van der Waals surface area contributed by atoms with Crippen LogP contribution >= 0.6 is 11.8 Å². The number of Topliss-reactive ketones (excluding diaryl/α,β-unsaturated/α-hetero) is 1. The van der Waals surface area contributed by atoms with Gasteiger partial charge < -0.3 is 10.3 Å². The lowest BCUT2D eigenvalue weighted by Crippen LogP contribution is -2.15. The molecule has 0 aliphatic heterocycles. The Kier molecular flexibility index (Phi) is 6.54. The van der Waals surface area contributed by atoms with Crippen molar-refractivity contribution in [2.24, 2.45) is 11.7 Å². The van der Waals surface area contributed by atoms with E-state index in [1.54, 1.807) is 12.1 Å². The van der Waals surface area contributed by atoms with Crippen molar-refractivity contribution in [2.75, 3.05) is 5.75 Å². The van der Waals surface area contributed by atoms with Gasteiger partial charge in [0.15, 0.2) is 10.9 Å². The van der Waals surface area contributed by atoms with Gasteiger partial charge in [0.05, 0.1) is 5.75 Å². The average Bonchev–Trinajstić information content (AvgIpc) is 2.92. The number of aromatic nitrogens is 3. The highest BCUT2D eigenvalue weighted by Gasteiger charge is 2.16. The number of thioether (sulfide) groups is 1. The van der Waals surface area contributed by atoms with E-state index in [2.05, 4.69) is 24.0 Å². The minimum absolute atomic E-state index is 0.0541. The van der Waals surface area contributed by atoms with Crippen molar-refractivity contribution in [2.45, 2.75) is 38.4 Å². The molecule has 7 heteroatoms. The first-order valence-electron chi connectivity index (χ1n) is 7.88. The van der Waals surface area contributed by atoms with E-state index in [1.807, 2.05) is 22.8 Å². The maximum absolute atomic E-state index is 12.2. The van der Waals surface area contributed by atoms with E-state index in [1.165, 1.54) is 11.8 Å². The van der Waals surface area contributed by atoms with E-state index >= 15 is 0 Å². The lowest BCUT2D eigenvalue weighted by molar-refractivity contribution is -0.118. The van der Waals surface area contributed by atoms with Gasteiger partial charge in [-0.2, -0.15) is 0 Å². The number of hydrogen-bond donors (Lipinski definition) is 1. The summed E-state index contributed by atoms with van der Waals surface area (Å²) in [6.45, 7) is 4.94. The van der Waals surface area contributed by atoms with Crippen molar-refractivity contribution in [3.8, 4) is 0 Å². The maximum Gasteiger partial charge on any atom is 0.217 e. The first-order valence-corrected chi connectivity index (χ1v) is 8.87. The molecule has 24 heavy (non-hydrogen) atoms. The Morgan fingerprint density at radius 1 is 1.21 bits per heavy atom. The molecule has 0 fully saturated rings. The third-order valence-electron chi connectivity index (χ3n) is 3.36. The molecule has 1 aromatic heterocycles. The summed E-state index contributed by atoms with van der Waals surface area (Å²) in [6.07, 6.45) is 0.700. The molecular weight excluding hydrogens is 324 g/mol. The molecule has 1 heterocycles. The molecule has 2 N–H and O–H groups in total. The monoisotopic (exact) mass is 346 g/mol. The van der Waals surface area contributed by atoms with Gasteiger partial charge in [-0.3, -0.25) is 9.59 Å².